The molecular formula is C17H18N4O2. The first-order valence-corrected chi connectivity index (χ1v) is 7.53. The zero-order chi connectivity index (χ0) is 16.2. The van der Waals surface area contributed by atoms with Crippen molar-refractivity contribution in [3.05, 3.63) is 54.5 Å². The lowest BCUT2D eigenvalue weighted by Gasteiger charge is -2.13. The predicted octanol–water partition coefficient (Wildman–Crippen LogP) is 1.92. The molecule has 0 saturated heterocycles. The number of pyridine rings is 1. The Morgan fingerprint density at radius 1 is 1.26 bits per heavy atom. The summed E-state index contributed by atoms with van der Waals surface area (Å²) in [5, 5.41) is 11.9. The third-order valence-corrected chi connectivity index (χ3v) is 3.76. The summed E-state index contributed by atoms with van der Waals surface area (Å²) in [5.41, 5.74) is 2.32. The molecule has 6 nitrogen and oxygen atoms in total. The van der Waals surface area contributed by atoms with Gasteiger partial charge in [-0.3, -0.25) is 9.36 Å². The van der Waals surface area contributed by atoms with Crippen LogP contribution in [0.1, 0.15) is 23.7 Å². The highest BCUT2D eigenvalue weighted by Gasteiger charge is 2.12. The van der Waals surface area contributed by atoms with Crippen LogP contribution < -0.4 is 5.32 Å². The van der Waals surface area contributed by atoms with Crippen molar-refractivity contribution in [3.8, 4) is 5.82 Å². The number of aliphatic hydroxyl groups excluding tert-OH is 1. The number of hydrogen-bond acceptors (Lipinski definition) is 4. The Bertz CT molecular complexity index is 807. The van der Waals surface area contributed by atoms with Gasteiger partial charge in [0, 0.05) is 6.20 Å². The number of carbonyl (C=O) groups is 1. The first-order valence-electron chi connectivity index (χ1n) is 7.53. The molecule has 0 aliphatic rings. The van der Waals surface area contributed by atoms with Gasteiger partial charge < -0.3 is 10.4 Å². The number of carbonyl (C=O) groups excluding carboxylic acids is 1. The van der Waals surface area contributed by atoms with Crippen LogP contribution in [-0.4, -0.2) is 38.2 Å². The van der Waals surface area contributed by atoms with E-state index in [0.717, 1.165) is 11.0 Å². The normalized spacial score (nSPS) is 12.3. The molecule has 2 heterocycles. The molecular weight excluding hydrogens is 292 g/mol. The molecule has 23 heavy (non-hydrogen) atoms. The predicted molar refractivity (Wildman–Crippen MR) is 87.5 cm³/mol. The number of hydrogen-bond donors (Lipinski definition) is 2. The number of para-hydroxylation sites is 2. The molecule has 1 atom stereocenters. The standard InChI is InChI=1S/C17H18N4O2/c1-2-13(10-22)20-17(23)12-7-8-16(18-9-12)21-11-19-14-5-3-4-6-15(14)21/h3-9,11,13,22H,2,10H2,1H3,(H,20,23). The highest BCUT2D eigenvalue weighted by molar-refractivity contribution is 5.94. The fourth-order valence-electron chi connectivity index (χ4n) is 2.35. The maximum absolute atomic E-state index is 12.1. The van der Waals surface area contributed by atoms with Gasteiger partial charge in [0.25, 0.3) is 5.91 Å². The zero-order valence-corrected chi connectivity index (χ0v) is 12.8. The van der Waals surface area contributed by atoms with Crippen LogP contribution in [0, 0.1) is 0 Å². The minimum absolute atomic E-state index is 0.0746. The van der Waals surface area contributed by atoms with Gasteiger partial charge >= 0.3 is 0 Å². The van der Waals surface area contributed by atoms with Crippen LogP contribution in [0.5, 0.6) is 0 Å². The molecule has 0 saturated carbocycles. The molecule has 0 fully saturated rings. The number of nitrogens with zero attached hydrogens (tertiary/aromatic N) is 3. The zero-order valence-electron chi connectivity index (χ0n) is 12.8. The smallest absolute Gasteiger partial charge is 0.253 e. The molecule has 0 aliphatic heterocycles. The maximum Gasteiger partial charge on any atom is 0.253 e. The van der Waals surface area contributed by atoms with Crippen molar-refractivity contribution in [3.63, 3.8) is 0 Å². The molecule has 2 aromatic heterocycles. The van der Waals surface area contributed by atoms with Crippen LogP contribution in [0.4, 0.5) is 0 Å². The van der Waals surface area contributed by atoms with Crippen molar-refractivity contribution in [1.29, 1.82) is 0 Å². The van der Waals surface area contributed by atoms with E-state index in [9.17, 15) is 4.79 Å². The molecule has 6 heteroatoms. The van der Waals surface area contributed by atoms with Gasteiger partial charge in [0.05, 0.1) is 29.2 Å². The molecule has 0 spiro atoms. The highest BCUT2D eigenvalue weighted by atomic mass is 16.3. The third kappa shape index (κ3) is 3.07. The summed E-state index contributed by atoms with van der Waals surface area (Å²) < 4.78 is 1.87. The van der Waals surface area contributed by atoms with Crippen LogP contribution >= 0.6 is 0 Å². The van der Waals surface area contributed by atoms with E-state index < -0.39 is 0 Å². The van der Waals surface area contributed by atoms with Crippen molar-refractivity contribution in [1.82, 2.24) is 19.9 Å². The molecule has 3 aromatic rings. The van der Waals surface area contributed by atoms with E-state index in [-0.39, 0.29) is 18.6 Å². The van der Waals surface area contributed by atoms with Crippen LogP contribution in [0.2, 0.25) is 0 Å². The molecule has 0 bridgehead atoms. The Hall–Kier alpha value is -2.73. The number of benzene rings is 1. The van der Waals surface area contributed by atoms with Gasteiger partial charge in [-0.2, -0.15) is 0 Å². The van der Waals surface area contributed by atoms with Crippen molar-refractivity contribution in [2.75, 3.05) is 6.61 Å². The summed E-state index contributed by atoms with van der Waals surface area (Å²) in [7, 11) is 0. The van der Waals surface area contributed by atoms with Crippen LogP contribution in [-0.2, 0) is 0 Å². The Morgan fingerprint density at radius 2 is 2.09 bits per heavy atom. The second kappa shape index (κ2) is 6.58. The first kappa shape index (κ1) is 15.2. The van der Waals surface area contributed by atoms with E-state index in [1.165, 1.54) is 6.20 Å². The molecule has 1 aromatic carbocycles. The third-order valence-electron chi connectivity index (χ3n) is 3.76. The number of rotatable bonds is 5. The van der Waals surface area contributed by atoms with Crippen LogP contribution in [0.3, 0.4) is 0 Å². The van der Waals surface area contributed by atoms with E-state index in [1.807, 2.05) is 35.8 Å². The fraction of sp³-hybridized carbons (Fsp3) is 0.235. The van der Waals surface area contributed by atoms with Crippen LogP contribution in [0.15, 0.2) is 48.9 Å². The van der Waals surface area contributed by atoms with Crippen molar-refractivity contribution in [2.45, 2.75) is 19.4 Å². The minimum atomic E-state index is -0.236. The van der Waals surface area contributed by atoms with Crippen molar-refractivity contribution < 1.29 is 9.90 Å². The number of nitrogens with one attached hydrogen (secondary N) is 1. The summed E-state index contributed by atoms with van der Waals surface area (Å²) in [5.74, 6) is 0.463. The molecule has 1 amide bonds. The Morgan fingerprint density at radius 3 is 2.78 bits per heavy atom. The van der Waals surface area contributed by atoms with Gasteiger partial charge in [-0.25, -0.2) is 9.97 Å². The molecule has 118 valence electrons. The Kier molecular flexibility index (Phi) is 4.34. The van der Waals surface area contributed by atoms with Crippen LogP contribution in [0.25, 0.3) is 16.9 Å². The number of aromatic nitrogens is 3. The van der Waals surface area contributed by atoms with Gasteiger partial charge in [0.1, 0.15) is 12.1 Å². The van der Waals surface area contributed by atoms with E-state index in [0.29, 0.717) is 17.8 Å². The van der Waals surface area contributed by atoms with Gasteiger partial charge in [0.15, 0.2) is 0 Å². The topological polar surface area (TPSA) is 80.0 Å². The molecule has 2 N–H and O–H groups in total. The number of aliphatic hydroxyl groups is 1. The minimum Gasteiger partial charge on any atom is -0.394 e. The van der Waals surface area contributed by atoms with Gasteiger partial charge in [-0.15, -0.1) is 0 Å². The fourth-order valence-corrected chi connectivity index (χ4v) is 2.35. The second-order valence-electron chi connectivity index (χ2n) is 5.27. The lowest BCUT2D eigenvalue weighted by molar-refractivity contribution is 0.0914. The molecule has 0 radical (unpaired) electrons. The highest BCUT2D eigenvalue weighted by Crippen LogP contribution is 2.16. The van der Waals surface area contributed by atoms with E-state index >= 15 is 0 Å². The monoisotopic (exact) mass is 310 g/mol. The van der Waals surface area contributed by atoms with Crippen molar-refractivity contribution >= 4 is 16.9 Å². The molecule has 3 rings (SSSR count). The molecule has 0 aliphatic carbocycles. The Labute approximate surface area is 133 Å². The lowest BCUT2D eigenvalue weighted by Crippen LogP contribution is -2.36. The maximum atomic E-state index is 12.1. The van der Waals surface area contributed by atoms with E-state index in [1.54, 1.807) is 18.5 Å². The lowest BCUT2D eigenvalue weighted by atomic mass is 10.2. The summed E-state index contributed by atoms with van der Waals surface area (Å²) >= 11 is 0. The van der Waals surface area contributed by atoms with E-state index in [2.05, 4.69) is 15.3 Å². The number of amides is 1. The quantitative estimate of drug-likeness (QED) is 0.754. The van der Waals surface area contributed by atoms with Gasteiger partial charge in [-0.05, 0) is 30.7 Å². The van der Waals surface area contributed by atoms with Gasteiger partial charge in [-0.1, -0.05) is 19.1 Å². The summed E-state index contributed by atoms with van der Waals surface area (Å²) in [4.78, 5) is 20.8. The van der Waals surface area contributed by atoms with E-state index in [4.69, 9.17) is 5.11 Å². The summed E-state index contributed by atoms with van der Waals surface area (Å²) in [6.45, 7) is 1.83. The van der Waals surface area contributed by atoms with Crippen molar-refractivity contribution in [2.24, 2.45) is 0 Å². The number of fused-ring (bicyclic) bond motifs is 1. The average Bonchev–Trinajstić information content (AvgIpc) is 3.03. The first-order chi connectivity index (χ1) is 11.2. The second-order valence-corrected chi connectivity index (χ2v) is 5.27. The Balaban J connectivity index is 1.83. The SMILES string of the molecule is CCC(CO)NC(=O)c1ccc(-n2cnc3ccccc32)nc1. The summed E-state index contributed by atoms with van der Waals surface area (Å²) in [6.07, 6.45) is 3.92. The average molecular weight is 310 g/mol. The number of imidazole rings is 1. The largest absolute Gasteiger partial charge is 0.394 e. The molecule has 1 unspecified atom stereocenters. The van der Waals surface area contributed by atoms with Gasteiger partial charge in [0.2, 0.25) is 0 Å². The summed E-state index contributed by atoms with van der Waals surface area (Å²) in [6, 6.07) is 11.1.